The number of rotatable bonds is 1. The van der Waals surface area contributed by atoms with Gasteiger partial charge in [0, 0.05) is 27.2 Å². The fourth-order valence-corrected chi connectivity index (χ4v) is 3.73. The van der Waals surface area contributed by atoms with E-state index in [0.717, 1.165) is 33.1 Å². The number of hydrogen-bond acceptors (Lipinski definition) is 2. The minimum absolute atomic E-state index is 0.0874. The quantitative estimate of drug-likeness (QED) is 0.584. The maximum Gasteiger partial charge on any atom is 0.0844 e. The molecule has 114 valence electrons. The van der Waals surface area contributed by atoms with Crippen molar-refractivity contribution in [2.45, 2.75) is 25.8 Å². The summed E-state index contributed by atoms with van der Waals surface area (Å²) in [5.41, 5.74) is 5.61. The summed E-state index contributed by atoms with van der Waals surface area (Å²) >= 11 is 3.57. The summed E-state index contributed by atoms with van der Waals surface area (Å²) in [7, 11) is 0. The predicted molar refractivity (Wildman–Crippen MR) is 99.3 cm³/mol. The molecule has 0 saturated heterocycles. The molecule has 1 aliphatic heterocycles. The fraction of sp³-hybridized carbons (Fsp3) is 0.200. The minimum Gasteiger partial charge on any atom is -0.278 e. The maximum atomic E-state index is 5.02. The average Bonchev–Trinajstić information content (AvgIpc) is 2.53. The van der Waals surface area contributed by atoms with Crippen LogP contribution >= 0.6 is 15.9 Å². The van der Waals surface area contributed by atoms with Gasteiger partial charge < -0.3 is 0 Å². The van der Waals surface area contributed by atoms with Crippen LogP contribution in [0.25, 0.3) is 10.9 Å². The Morgan fingerprint density at radius 3 is 2.74 bits per heavy atom. The second kappa shape index (κ2) is 5.27. The first-order valence-corrected chi connectivity index (χ1v) is 8.56. The van der Waals surface area contributed by atoms with Crippen LogP contribution in [-0.4, -0.2) is 16.2 Å². The van der Waals surface area contributed by atoms with Gasteiger partial charge in [-0.3, -0.25) is 9.98 Å². The van der Waals surface area contributed by atoms with Gasteiger partial charge in [-0.25, -0.2) is 0 Å². The molecular weight excluding hydrogens is 348 g/mol. The van der Waals surface area contributed by atoms with Crippen LogP contribution in [0.5, 0.6) is 0 Å². The van der Waals surface area contributed by atoms with Crippen molar-refractivity contribution in [2.24, 2.45) is 4.99 Å². The Hall–Kier alpha value is -2.00. The topological polar surface area (TPSA) is 25.2 Å². The zero-order chi connectivity index (χ0) is 16.0. The van der Waals surface area contributed by atoms with Crippen molar-refractivity contribution >= 4 is 32.5 Å². The van der Waals surface area contributed by atoms with Crippen LogP contribution < -0.4 is 0 Å². The van der Waals surface area contributed by atoms with E-state index in [1.807, 2.05) is 18.3 Å². The molecule has 0 bridgehead atoms. The van der Waals surface area contributed by atoms with E-state index in [2.05, 4.69) is 71.2 Å². The fourth-order valence-electron chi connectivity index (χ4n) is 3.25. The Labute approximate surface area is 144 Å². The number of nitrogens with zero attached hydrogens (tertiary/aromatic N) is 2. The van der Waals surface area contributed by atoms with Crippen LogP contribution in [0.15, 0.2) is 64.2 Å². The standard InChI is InChI=1S/C20H17BrN2/c1-20(2)11-14-6-3-4-8-16(14)18(23-20)15-10-13-7-5-9-17(21)19(13)22-12-15/h3-10,12H,11H2,1-2H3. The Morgan fingerprint density at radius 2 is 1.87 bits per heavy atom. The van der Waals surface area contributed by atoms with Gasteiger partial charge in [0.2, 0.25) is 0 Å². The summed E-state index contributed by atoms with van der Waals surface area (Å²) in [6.07, 6.45) is 2.91. The van der Waals surface area contributed by atoms with Crippen LogP contribution in [0.2, 0.25) is 0 Å². The highest BCUT2D eigenvalue weighted by molar-refractivity contribution is 9.10. The molecule has 2 heterocycles. The number of hydrogen-bond donors (Lipinski definition) is 0. The predicted octanol–water partition coefficient (Wildman–Crippen LogP) is 5.17. The molecule has 0 amide bonds. The van der Waals surface area contributed by atoms with Gasteiger partial charge in [0.1, 0.15) is 0 Å². The first-order chi connectivity index (χ1) is 11.0. The molecule has 0 saturated carbocycles. The number of pyridine rings is 1. The van der Waals surface area contributed by atoms with E-state index in [1.165, 1.54) is 11.1 Å². The van der Waals surface area contributed by atoms with Crippen molar-refractivity contribution in [1.29, 1.82) is 0 Å². The van der Waals surface area contributed by atoms with Gasteiger partial charge in [-0.2, -0.15) is 0 Å². The summed E-state index contributed by atoms with van der Waals surface area (Å²) in [6, 6.07) is 16.9. The van der Waals surface area contributed by atoms with Crippen molar-refractivity contribution in [1.82, 2.24) is 4.98 Å². The van der Waals surface area contributed by atoms with Gasteiger partial charge in [0.25, 0.3) is 0 Å². The third-order valence-corrected chi connectivity index (χ3v) is 4.89. The molecule has 0 fully saturated rings. The average molecular weight is 365 g/mol. The van der Waals surface area contributed by atoms with Crippen molar-refractivity contribution in [3.05, 3.63) is 75.9 Å². The molecule has 3 heteroatoms. The van der Waals surface area contributed by atoms with Crippen molar-refractivity contribution in [2.75, 3.05) is 0 Å². The number of aromatic nitrogens is 1. The lowest BCUT2D eigenvalue weighted by Crippen LogP contribution is -2.29. The van der Waals surface area contributed by atoms with E-state index in [9.17, 15) is 0 Å². The first kappa shape index (κ1) is 14.6. The van der Waals surface area contributed by atoms with Gasteiger partial charge in [-0.05, 0) is 53.9 Å². The molecule has 2 nitrogen and oxygen atoms in total. The summed E-state index contributed by atoms with van der Waals surface area (Å²) in [4.78, 5) is 9.67. The Bertz CT molecular complexity index is 941. The van der Waals surface area contributed by atoms with Gasteiger partial charge in [0.15, 0.2) is 0 Å². The SMILES string of the molecule is CC1(C)Cc2ccccc2C(c2cnc3c(Br)cccc3c2)=N1. The summed E-state index contributed by atoms with van der Waals surface area (Å²) < 4.78 is 1.02. The highest BCUT2D eigenvalue weighted by atomic mass is 79.9. The highest BCUT2D eigenvalue weighted by Crippen LogP contribution is 2.30. The molecule has 0 unspecified atom stereocenters. The molecule has 23 heavy (non-hydrogen) atoms. The molecule has 0 aliphatic carbocycles. The van der Waals surface area contributed by atoms with E-state index in [-0.39, 0.29) is 5.54 Å². The normalized spacial score (nSPS) is 16.0. The smallest absolute Gasteiger partial charge is 0.0844 e. The first-order valence-electron chi connectivity index (χ1n) is 7.76. The van der Waals surface area contributed by atoms with Crippen LogP contribution in [-0.2, 0) is 6.42 Å². The van der Waals surface area contributed by atoms with E-state index in [1.54, 1.807) is 0 Å². The summed E-state index contributed by atoms with van der Waals surface area (Å²) in [6.45, 7) is 4.38. The lowest BCUT2D eigenvalue weighted by atomic mass is 9.85. The molecule has 3 aromatic rings. The van der Waals surface area contributed by atoms with Crippen LogP contribution in [0.1, 0.15) is 30.5 Å². The number of benzene rings is 2. The maximum absolute atomic E-state index is 5.02. The van der Waals surface area contributed by atoms with Gasteiger partial charge in [-0.15, -0.1) is 0 Å². The molecule has 0 atom stereocenters. The molecule has 1 aliphatic rings. The van der Waals surface area contributed by atoms with Crippen LogP contribution in [0.3, 0.4) is 0 Å². The number of fused-ring (bicyclic) bond motifs is 2. The second-order valence-corrected chi connectivity index (χ2v) is 7.50. The number of aliphatic imine (C=N–C) groups is 1. The summed E-state index contributed by atoms with van der Waals surface area (Å²) in [5, 5.41) is 1.13. The molecular formula is C20H17BrN2. The number of halogens is 1. The summed E-state index contributed by atoms with van der Waals surface area (Å²) in [5.74, 6) is 0. The monoisotopic (exact) mass is 364 g/mol. The molecule has 1 aromatic heterocycles. The van der Waals surface area contributed by atoms with Crippen molar-refractivity contribution in [3.63, 3.8) is 0 Å². The number of para-hydroxylation sites is 1. The van der Waals surface area contributed by atoms with Crippen molar-refractivity contribution in [3.8, 4) is 0 Å². The third kappa shape index (κ3) is 2.59. The Balaban J connectivity index is 1.94. The largest absolute Gasteiger partial charge is 0.278 e. The Morgan fingerprint density at radius 1 is 1.04 bits per heavy atom. The van der Waals surface area contributed by atoms with Gasteiger partial charge in [-0.1, -0.05) is 36.4 Å². The van der Waals surface area contributed by atoms with Gasteiger partial charge >= 0.3 is 0 Å². The minimum atomic E-state index is -0.0874. The highest BCUT2D eigenvalue weighted by Gasteiger charge is 2.27. The Kier molecular flexibility index (Phi) is 3.34. The van der Waals surface area contributed by atoms with Crippen molar-refractivity contribution < 1.29 is 0 Å². The van der Waals surface area contributed by atoms with E-state index in [0.29, 0.717) is 0 Å². The van der Waals surface area contributed by atoms with Crippen LogP contribution in [0.4, 0.5) is 0 Å². The van der Waals surface area contributed by atoms with E-state index < -0.39 is 0 Å². The lowest BCUT2D eigenvalue weighted by molar-refractivity contribution is 0.513. The lowest BCUT2D eigenvalue weighted by Gasteiger charge is -2.29. The third-order valence-electron chi connectivity index (χ3n) is 4.25. The van der Waals surface area contributed by atoms with Crippen LogP contribution in [0, 0.1) is 0 Å². The molecule has 0 spiro atoms. The van der Waals surface area contributed by atoms with E-state index in [4.69, 9.17) is 4.99 Å². The molecule has 2 aromatic carbocycles. The second-order valence-electron chi connectivity index (χ2n) is 6.64. The molecule has 4 rings (SSSR count). The zero-order valence-electron chi connectivity index (χ0n) is 13.2. The molecule has 0 radical (unpaired) electrons. The van der Waals surface area contributed by atoms with E-state index >= 15 is 0 Å². The van der Waals surface area contributed by atoms with Gasteiger partial charge in [0.05, 0.1) is 16.8 Å². The zero-order valence-corrected chi connectivity index (χ0v) is 14.8. The molecule has 0 N–H and O–H groups in total.